The first-order valence-corrected chi connectivity index (χ1v) is 5.30. The van der Waals surface area contributed by atoms with Crippen LogP contribution >= 0.6 is 0 Å². The van der Waals surface area contributed by atoms with E-state index in [1.54, 1.807) is 0 Å². The van der Waals surface area contributed by atoms with Crippen LogP contribution < -0.4 is 4.74 Å². The fourth-order valence-corrected chi connectivity index (χ4v) is 1.44. The van der Waals surface area contributed by atoms with Crippen molar-refractivity contribution < 1.29 is 14.6 Å². The van der Waals surface area contributed by atoms with Gasteiger partial charge in [0.1, 0.15) is 5.75 Å². The maximum atomic E-state index is 10.6. The summed E-state index contributed by atoms with van der Waals surface area (Å²) in [5, 5.41) is 8.73. The molecule has 88 valence electrons. The number of carboxylic acid groups (broad SMARTS) is 1. The number of aryl methyl sites for hydroxylation is 1. The van der Waals surface area contributed by atoms with Crippen molar-refractivity contribution in [1.82, 2.24) is 0 Å². The molecule has 3 nitrogen and oxygen atoms in total. The summed E-state index contributed by atoms with van der Waals surface area (Å²) in [6.07, 6.45) is 0.110. The van der Waals surface area contributed by atoms with Crippen LogP contribution in [0.2, 0.25) is 0 Å². The first-order chi connectivity index (χ1) is 7.39. The number of carboxylic acids is 1. The van der Waals surface area contributed by atoms with Gasteiger partial charge in [-0.25, -0.2) is 0 Å². The Hall–Kier alpha value is -1.51. The Kier molecular flexibility index (Phi) is 3.93. The van der Waals surface area contributed by atoms with Crippen LogP contribution in [-0.2, 0) is 4.79 Å². The van der Waals surface area contributed by atoms with Gasteiger partial charge in [-0.3, -0.25) is 4.79 Å². The van der Waals surface area contributed by atoms with Gasteiger partial charge >= 0.3 is 5.97 Å². The van der Waals surface area contributed by atoms with Gasteiger partial charge in [-0.05, 0) is 24.6 Å². The molecule has 0 aliphatic rings. The van der Waals surface area contributed by atoms with E-state index in [4.69, 9.17) is 9.84 Å². The Morgan fingerprint density at radius 2 is 2.12 bits per heavy atom. The highest BCUT2D eigenvalue weighted by atomic mass is 16.5. The van der Waals surface area contributed by atoms with E-state index in [1.165, 1.54) is 0 Å². The molecule has 0 heterocycles. The lowest BCUT2D eigenvalue weighted by Crippen LogP contribution is -2.24. The second-order valence-electron chi connectivity index (χ2n) is 4.84. The smallest absolute Gasteiger partial charge is 0.304 e. The highest BCUT2D eigenvalue weighted by Gasteiger charge is 2.22. The minimum Gasteiger partial charge on any atom is -0.493 e. The highest BCUT2D eigenvalue weighted by molar-refractivity contribution is 5.67. The normalized spacial score (nSPS) is 11.2. The van der Waals surface area contributed by atoms with Crippen LogP contribution in [0.25, 0.3) is 0 Å². The average molecular weight is 222 g/mol. The Bertz CT molecular complexity index is 369. The molecule has 0 radical (unpaired) electrons. The number of hydrogen-bond acceptors (Lipinski definition) is 2. The molecule has 16 heavy (non-hydrogen) atoms. The molecule has 1 N–H and O–H groups in total. The van der Waals surface area contributed by atoms with E-state index in [0.29, 0.717) is 6.61 Å². The van der Waals surface area contributed by atoms with E-state index in [-0.39, 0.29) is 11.8 Å². The first-order valence-electron chi connectivity index (χ1n) is 5.30. The van der Waals surface area contributed by atoms with Gasteiger partial charge in [0.15, 0.2) is 0 Å². The van der Waals surface area contributed by atoms with Gasteiger partial charge in [-0.1, -0.05) is 26.0 Å². The minimum atomic E-state index is -0.794. The van der Waals surface area contributed by atoms with Gasteiger partial charge in [-0.2, -0.15) is 0 Å². The summed E-state index contributed by atoms with van der Waals surface area (Å²) in [4.78, 5) is 10.6. The Morgan fingerprint density at radius 3 is 2.69 bits per heavy atom. The molecule has 0 bridgehead atoms. The van der Waals surface area contributed by atoms with Crippen LogP contribution in [0.3, 0.4) is 0 Å². The number of carbonyl (C=O) groups is 1. The zero-order valence-corrected chi connectivity index (χ0v) is 9.99. The summed E-state index contributed by atoms with van der Waals surface area (Å²) in [6, 6.07) is 7.74. The van der Waals surface area contributed by atoms with Gasteiger partial charge in [-0.15, -0.1) is 0 Å². The van der Waals surface area contributed by atoms with Crippen LogP contribution in [0.4, 0.5) is 0 Å². The van der Waals surface area contributed by atoms with Crippen molar-refractivity contribution in [3.63, 3.8) is 0 Å². The molecule has 1 aromatic rings. The van der Waals surface area contributed by atoms with Crippen molar-refractivity contribution in [2.75, 3.05) is 6.61 Å². The van der Waals surface area contributed by atoms with Gasteiger partial charge in [0, 0.05) is 5.41 Å². The average Bonchev–Trinajstić information content (AvgIpc) is 2.13. The topological polar surface area (TPSA) is 46.5 Å². The van der Waals surface area contributed by atoms with E-state index in [2.05, 4.69) is 0 Å². The zero-order chi connectivity index (χ0) is 12.2. The van der Waals surface area contributed by atoms with Gasteiger partial charge < -0.3 is 9.84 Å². The van der Waals surface area contributed by atoms with Crippen molar-refractivity contribution in [3.05, 3.63) is 29.8 Å². The summed E-state index contributed by atoms with van der Waals surface area (Å²) < 4.78 is 5.59. The van der Waals surface area contributed by atoms with E-state index in [1.807, 2.05) is 45.0 Å². The van der Waals surface area contributed by atoms with Gasteiger partial charge in [0.05, 0.1) is 13.0 Å². The molecular formula is C13H18O3. The Labute approximate surface area is 96.1 Å². The fourth-order valence-electron chi connectivity index (χ4n) is 1.44. The van der Waals surface area contributed by atoms with Crippen molar-refractivity contribution in [2.45, 2.75) is 27.2 Å². The molecule has 0 aliphatic heterocycles. The summed E-state index contributed by atoms with van der Waals surface area (Å²) in [6.45, 7) is 6.17. The molecule has 0 fully saturated rings. The summed E-state index contributed by atoms with van der Waals surface area (Å²) in [5.41, 5.74) is 0.781. The number of hydrogen-bond donors (Lipinski definition) is 1. The fraction of sp³-hybridized carbons (Fsp3) is 0.462. The summed E-state index contributed by atoms with van der Waals surface area (Å²) >= 11 is 0. The van der Waals surface area contributed by atoms with Crippen molar-refractivity contribution >= 4 is 5.97 Å². The lowest BCUT2D eigenvalue weighted by Gasteiger charge is -2.22. The molecule has 0 saturated carbocycles. The summed E-state index contributed by atoms with van der Waals surface area (Å²) in [5.74, 6) is -0.00342. The van der Waals surface area contributed by atoms with Crippen molar-refractivity contribution in [3.8, 4) is 5.75 Å². The predicted molar refractivity (Wildman–Crippen MR) is 62.7 cm³/mol. The molecule has 1 rings (SSSR count). The molecule has 0 amide bonds. The van der Waals surface area contributed by atoms with Crippen LogP contribution in [-0.4, -0.2) is 17.7 Å². The maximum absolute atomic E-state index is 10.6. The largest absolute Gasteiger partial charge is 0.493 e. The first kappa shape index (κ1) is 12.6. The predicted octanol–water partition coefficient (Wildman–Crippen LogP) is 2.87. The molecule has 0 aliphatic carbocycles. The molecule has 0 spiro atoms. The minimum absolute atomic E-state index is 0.110. The SMILES string of the molecule is Cc1cccc(OCC(C)(C)CC(=O)O)c1. The Morgan fingerprint density at radius 1 is 1.44 bits per heavy atom. The number of benzene rings is 1. The number of ether oxygens (including phenoxy) is 1. The monoisotopic (exact) mass is 222 g/mol. The zero-order valence-electron chi connectivity index (χ0n) is 9.99. The van der Waals surface area contributed by atoms with E-state index in [0.717, 1.165) is 11.3 Å². The second kappa shape index (κ2) is 5.01. The van der Waals surface area contributed by atoms with E-state index in [9.17, 15) is 4.79 Å². The third-order valence-electron chi connectivity index (χ3n) is 2.25. The standard InChI is InChI=1S/C13H18O3/c1-10-5-4-6-11(7-10)16-9-13(2,3)8-12(14)15/h4-7H,8-9H2,1-3H3,(H,14,15). The Balaban J connectivity index is 2.54. The summed E-state index contributed by atoms with van der Waals surface area (Å²) in [7, 11) is 0. The van der Waals surface area contributed by atoms with E-state index >= 15 is 0 Å². The van der Waals surface area contributed by atoms with Crippen LogP contribution in [0.5, 0.6) is 5.75 Å². The molecule has 1 aromatic carbocycles. The highest BCUT2D eigenvalue weighted by Crippen LogP contribution is 2.22. The van der Waals surface area contributed by atoms with E-state index < -0.39 is 5.97 Å². The van der Waals surface area contributed by atoms with Crippen molar-refractivity contribution in [1.29, 1.82) is 0 Å². The van der Waals surface area contributed by atoms with Gasteiger partial charge in [0.25, 0.3) is 0 Å². The van der Waals surface area contributed by atoms with Crippen LogP contribution in [0.1, 0.15) is 25.8 Å². The maximum Gasteiger partial charge on any atom is 0.304 e. The molecule has 0 unspecified atom stereocenters. The molecule has 0 atom stereocenters. The number of aliphatic carboxylic acids is 1. The van der Waals surface area contributed by atoms with Gasteiger partial charge in [0.2, 0.25) is 0 Å². The molecule has 3 heteroatoms. The third kappa shape index (κ3) is 4.34. The molecular weight excluding hydrogens is 204 g/mol. The van der Waals surface area contributed by atoms with Crippen LogP contribution in [0, 0.1) is 12.3 Å². The lowest BCUT2D eigenvalue weighted by atomic mass is 9.91. The van der Waals surface area contributed by atoms with Crippen molar-refractivity contribution in [2.24, 2.45) is 5.41 Å². The molecule has 0 saturated heterocycles. The second-order valence-corrected chi connectivity index (χ2v) is 4.84. The lowest BCUT2D eigenvalue weighted by molar-refractivity contribution is -0.139. The molecule has 0 aromatic heterocycles. The quantitative estimate of drug-likeness (QED) is 0.833. The third-order valence-corrected chi connectivity index (χ3v) is 2.25. The van der Waals surface area contributed by atoms with Crippen LogP contribution in [0.15, 0.2) is 24.3 Å². The number of rotatable bonds is 5.